The van der Waals surface area contributed by atoms with E-state index in [4.69, 9.17) is 0 Å². The Morgan fingerprint density at radius 3 is 2.68 bits per heavy atom. The lowest BCUT2D eigenvalue weighted by atomic mass is 10.0. The molecule has 0 spiro atoms. The van der Waals surface area contributed by atoms with Gasteiger partial charge in [-0.1, -0.05) is 0 Å². The first-order chi connectivity index (χ1) is 17.8. The lowest BCUT2D eigenvalue weighted by Crippen LogP contribution is -2.49. The Balaban J connectivity index is 1.31. The molecule has 11 heteroatoms. The predicted octanol–water partition coefficient (Wildman–Crippen LogP) is 4.36. The summed E-state index contributed by atoms with van der Waals surface area (Å²) in [7, 11) is 0. The molecule has 5 rings (SSSR count). The van der Waals surface area contributed by atoms with Crippen LogP contribution in [0.5, 0.6) is 0 Å². The Morgan fingerprint density at radius 2 is 1.95 bits per heavy atom. The van der Waals surface area contributed by atoms with E-state index in [9.17, 15) is 22.4 Å². The zero-order valence-corrected chi connectivity index (χ0v) is 20.3. The Morgan fingerprint density at radius 1 is 1.14 bits per heavy atom. The van der Waals surface area contributed by atoms with Crippen LogP contribution in [0, 0.1) is 12.7 Å². The van der Waals surface area contributed by atoms with Gasteiger partial charge in [0, 0.05) is 48.8 Å². The van der Waals surface area contributed by atoms with E-state index in [0.717, 1.165) is 24.0 Å². The third-order valence-corrected chi connectivity index (χ3v) is 6.72. The topological polar surface area (TPSA) is 75.1 Å². The summed E-state index contributed by atoms with van der Waals surface area (Å²) in [6.07, 6.45) is 5.06. The number of amides is 1. The smallest absolute Gasteiger partial charge is 0.254 e. The first-order valence-electron chi connectivity index (χ1n) is 12.3. The van der Waals surface area contributed by atoms with E-state index in [1.165, 1.54) is 17.0 Å². The minimum atomic E-state index is -2.48. The summed E-state index contributed by atoms with van der Waals surface area (Å²) in [5.41, 5.74) is 3.23. The fraction of sp³-hybridized carbons (Fsp3) is 0.423. The van der Waals surface area contributed by atoms with Gasteiger partial charge >= 0.3 is 0 Å². The van der Waals surface area contributed by atoms with Crippen LogP contribution in [0.15, 0.2) is 43.0 Å². The highest BCUT2D eigenvalue weighted by atomic mass is 19.3. The first-order valence-corrected chi connectivity index (χ1v) is 12.3. The number of alkyl halides is 3. The molecule has 1 amide bonds. The summed E-state index contributed by atoms with van der Waals surface area (Å²) >= 11 is 0. The van der Waals surface area contributed by atoms with Gasteiger partial charge in [-0.25, -0.2) is 22.2 Å². The zero-order valence-electron chi connectivity index (χ0n) is 20.3. The van der Waals surface area contributed by atoms with Gasteiger partial charge in [0.2, 0.25) is 0 Å². The zero-order chi connectivity index (χ0) is 26.1. The molecule has 0 unspecified atom stereocenters. The van der Waals surface area contributed by atoms with Gasteiger partial charge in [-0.2, -0.15) is 5.10 Å². The molecule has 2 aliphatic rings. The minimum absolute atomic E-state index is 0.0298. The van der Waals surface area contributed by atoms with Crippen LogP contribution in [0.2, 0.25) is 0 Å². The van der Waals surface area contributed by atoms with Gasteiger partial charge in [-0.05, 0) is 49.9 Å². The lowest BCUT2D eigenvalue weighted by Gasteiger charge is -2.35. The number of pyridine rings is 1. The molecule has 3 aromatic rings. The van der Waals surface area contributed by atoms with E-state index in [0.29, 0.717) is 29.9 Å². The standard InChI is InChI=1S/C26H28F4N6O/c1-15-6-21(27)20(26(37)34-18-2-3-18)8-24(15)36-12-17(10-32-36)16-7-19(11-31-9-16)33-23-4-5-35(13-22(23)28)14-25(29)30/h6-12,18,22-23,25,33H,2-5,13-14H2,1H3,(H,34,37)/t22-,23+/m1/s1. The second-order valence-corrected chi connectivity index (χ2v) is 9.71. The Kier molecular flexibility index (Phi) is 7.14. The molecule has 1 saturated carbocycles. The predicted molar refractivity (Wildman–Crippen MR) is 131 cm³/mol. The number of rotatable bonds is 8. The van der Waals surface area contributed by atoms with E-state index in [1.807, 2.05) is 6.07 Å². The molecule has 0 bridgehead atoms. The van der Waals surface area contributed by atoms with E-state index in [2.05, 4.69) is 20.7 Å². The van der Waals surface area contributed by atoms with Gasteiger partial charge in [0.25, 0.3) is 12.3 Å². The maximum Gasteiger partial charge on any atom is 0.254 e. The quantitative estimate of drug-likeness (QED) is 0.435. The molecule has 196 valence electrons. The maximum absolute atomic E-state index is 14.6. The Hall–Kier alpha value is -3.47. The number of hydrogen-bond donors (Lipinski definition) is 2. The van der Waals surface area contributed by atoms with Crippen LogP contribution >= 0.6 is 0 Å². The van der Waals surface area contributed by atoms with Gasteiger partial charge < -0.3 is 10.6 Å². The molecular weight excluding hydrogens is 488 g/mol. The van der Waals surface area contributed by atoms with Crippen LogP contribution in [0.25, 0.3) is 16.8 Å². The van der Waals surface area contributed by atoms with Crippen LogP contribution in [-0.4, -0.2) is 69.9 Å². The van der Waals surface area contributed by atoms with Crippen LogP contribution in [0.3, 0.4) is 0 Å². The van der Waals surface area contributed by atoms with E-state index >= 15 is 0 Å². The second kappa shape index (κ2) is 10.5. The molecule has 7 nitrogen and oxygen atoms in total. The van der Waals surface area contributed by atoms with E-state index in [1.54, 1.807) is 36.4 Å². The number of nitrogens with zero attached hydrogens (tertiary/aromatic N) is 4. The molecule has 1 aromatic carbocycles. The van der Waals surface area contributed by atoms with Crippen LogP contribution in [0.4, 0.5) is 23.2 Å². The summed E-state index contributed by atoms with van der Waals surface area (Å²) < 4.78 is 56.0. The van der Waals surface area contributed by atoms with Crippen molar-refractivity contribution >= 4 is 11.6 Å². The van der Waals surface area contributed by atoms with Crippen molar-refractivity contribution in [3.8, 4) is 16.8 Å². The van der Waals surface area contributed by atoms with Gasteiger partial charge in [0.05, 0.1) is 35.7 Å². The fourth-order valence-corrected chi connectivity index (χ4v) is 4.56. The third kappa shape index (κ3) is 5.93. The highest BCUT2D eigenvalue weighted by Crippen LogP contribution is 2.27. The van der Waals surface area contributed by atoms with E-state index in [-0.39, 0.29) is 18.2 Å². The number of likely N-dealkylation sites (tertiary alicyclic amines) is 1. The van der Waals surface area contributed by atoms with Crippen molar-refractivity contribution in [3.05, 3.63) is 59.9 Å². The van der Waals surface area contributed by atoms with Crippen molar-refractivity contribution in [2.75, 3.05) is 25.0 Å². The molecule has 3 heterocycles. The summed E-state index contributed by atoms with van der Waals surface area (Å²) in [5.74, 6) is -1.02. The van der Waals surface area contributed by atoms with Crippen molar-refractivity contribution in [2.24, 2.45) is 0 Å². The molecule has 2 aromatic heterocycles. The molecule has 0 radical (unpaired) electrons. The van der Waals surface area contributed by atoms with Gasteiger partial charge in [-0.3, -0.25) is 14.7 Å². The SMILES string of the molecule is Cc1cc(F)c(C(=O)NC2CC2)cc1-n1cc(-c2cncc(N[C@H]3CCN(CC(F)F)C[C@H]3F)c2)cn1. The van der Waals surface area contributed by atoms with Crippen LogP contribution in [-0.2, 0) is 0 Å². The van der Waals surface area contributed by atoms with Gasteiger partial charge in [0.1, 0.15) is 12.0 Å². The molecule has 1 saturated heterocycles. The molecule has 2 N–H and O–H groups in total. The van der Waals surface area contributed by atoms with Crippen molar-refractivity contribution in [1.82, 2.24) is 25.0 Å². The third-order valence-electron chi connectivity index (χ3n) is 6.72. The highest BCUT2D eigenvalue weighted by molar-refractivity contribution is 5.95. The molecular formula is C26H28F4N6O. The maximum atomic E-state index is 14.6. The van der Waals surface area contributed by atoms with Gasteiger partial charge in [0.15, 0.2) is 0 Å². The number of nitrogens with one attached hydrogen (secondary N) is 2. The number of aromatic nitrogens is 3. The van der Waals surface area contributed by atoms with Crippen molar-refractivity contribution in [1.29, 1.82) is 0 Å². The number of benzene rings is 1. The number of anilines is 1. The van der Waals surface area contributed by atoms with Crippen molar-refractivity contribution in [3.63, 3.8) is 0 Å². The number of piperidine rings is 1. The largest absolute Gasteiger partial charge is 0.378 e. The summed E-state index contributed by atoms with van der Waals surface area (Å²) in [4.78, 5) is 18.2. The average molecular weight is 517 g/mol. The summed E-state index contributed by atoms with van der Waals surface area (Å²) in [6.45, 7) is 1.67. The number of carbonyl (C=O) groups excluding carboxylic acids is 1. The molecule has 37 heavy (non-hydrogen) atoms. The molecule has 1 aliphatic heterocycles. The molecule has 1 aliphatic carbocycles. The van der Waals surface area contributed by atoms with E-state index < -0.39 is 36.9 Å². The fourth-order valence-electron chi connectivity index (χ4n) is 4.56. The summed E-state index contributed by atoms with van der Waals surface area (Å²) in [6, 6.07) is 4.25. The normalized spacial score (nSPS) is 20.3. The Labute approximate surface area is 211 Å². The summed E-state index contributed by atoms with van der Waals surface area (Å²) in [5, 5.41) is 10.4. The minimum Gasteiger partial charge on any atom is -0.378 e. The first kappa shape index (κ1) is 25.2. The number of halogens is 4. The average Bonchev–Trinajstić information content (AvgIpc) is 3.52. The number of aryl methyl sites for hydroxylation is 1. The molecule has 2 fully saturated rings. The highest BCUT2D eigenvalue weighted by Gasteiger charge is 2.30. The molecule has 2 atom stereocenters. The lowest BCUT2D eigenvalue weighted by molar-refractivity contribution is 0.0522. The number of carbonyl (C=O) groups is 1. The van der Waals surface area contributed by atoms with Gasteiger partial charge in [-0.15, -0.1) is 0 Å². The van der Waals surface area contributed by atoms with Crippen LogP contribution < -0.4 is 10.6 Å². The van der Waals surface area contributed by atoms with Crippen molar-refractivity contribution in [2.45, 2.75) is 50.9 Å². The number of hydrogen-bond acceptors (Lipinski definition) is 5. The Bertz CT molecular complexity index is 1280. The van der Waals surface area contributed by atoms with Crippen molar-refractivity contribution < 1.29 is 22.4 Å². The second-order valence-electron chi connectivity index (χ2n) is 9.71. The van der Waals surface area contributed by atoms with Crippen LogP contribution in [0.1, 0.15) is 35.2 Å². The monoisotopic (exact) mass is 516 g/mol.